The van der Waals surface area contributed by atoms with Crippen LogP contribution in [-0.2, 0) is 12.7 Å². The van der Waals surface area contributed by atoms with Gasteiger partial charge in [0.25, 0.3) is 5.91 Å². The summed E-state index contributed by atoms with van der Waals surface area (Å²) in [4.78, 5) is 25.6. The van der Waals surface area contributed by atoms with Crippen molar-refractivity contribution in [1.82, 2.24) is 20.3 Å². The highest BCUT2D eigenvalue weighted by Gasteiger charge is 2.33. The number of carbonyl (C=O) groups is 1. The number of ether oxygens (including phenoxy) is 1. The molecule has 3 aromatic rings. The molecule has 4 N–H and O–H groups in total. The molecular formula is C25H28F3N7O2. The minimum atomic E-state index is -4.61. The van der Waals surface area contributed by atoms with Gasteiger partial charge in [-0.3, -0.25) is 4.79 Å². The molecule has 1 fully saturated rings. The van der Waals surface area contributed by atoms with Crippen LogP contribution in [-0.4, -0.2) is 46.6 Å². The van der Waals surface area contributed by atoms with E-state index in [-0.39, 0.29) is 41.5 Å². The molecule has 0 radical (unpaired) electrons. The van der Waals surface area contributed by atoms with Crippen LogP contribution in [0.15, 0.2) is 48.8 Å². The molecule has 4 rings (SSSR count). The van der Waals surface area contributed by atoms with E-state index in [9.17, 15) is 18.0 Å². The first kappa shape index (κ1) is 26.1. The third kappa shape index (κ3) is 6.85. The van der Waals surface area contributed by atoms with Crippen molar-refractivity contribution in [3.05, 3.63) is 65.6 Å². The largest absolute Gasteiger partial charge is 0.492 e. The maximum atomic E-state index is 13.6. The van der Waals surface area contributed by atoms with Crippen molar-refractivity contribution in [2.75, 3.05) is 36.1 Å². The molecule has 0 saturated carbocycles. The first-order chi connectivity index (χ1) is 17.6. The van der Waals surface area contributed by atoms with E-state index in [4.69, 9.17) is 4.74 Å². The number of hydrogen-bond donors (Lipinski definition) is 4. The number of aromatic nitrogens is 3. The number of anilines is 3. The number of carbonyl (C=O) groups excluding carboxylic acids is 1. The highest BCUT2D eigenvalue weighted by Crippen LogP contribution is 2.35. The molecule has 2 aromatic heterocycles. The molecule has 196 valence electrons. The Morgan fingerprint density at radius 1 is 1.19 bits per heavy atom. The van der Waals surface area contributed by atoms with Crippen LogP contribution in [0.4, 0.5) is 30.6 Å². The number of nitrogens with zero attached hydrogens (tertiary/aromatic N) is 3. The lowest BCUT2D eigenvalue weighted by Crippen LogP contribution is -2.42. The number of halogens is 3. The molecule has 1 aromatic carbocycles. The molecule has 1 aliphatic heterocycles. The minimum Gasteiger partial charge on any atom is -0.492 e. The third-order valence-electron chi connectivity index (χ3n) is 5.93. The van der Waals surface area contributed by atoms with Crippen LogP contribution >= 0.6 is 0 Å². The van der Waals surface area contributed by atoms with Crippen molar-refractivity contribution in [2.24, 2.45) is 0 Å². The van der Waals surface area contributed by atoms with Gasteiger partial charge in [-0.15, -0.1) is 0 Å². The standard InChI is InChI=1S/C25H28F3N7O2/c1-24(7-4-9-33-24)15-37-19-12-16(25(26,27)28)11-18(13-19)34-22(36)20-5-3-8-30-21(20)32-14-17-6-10-31-23(29-2)35-17/h3,5-6,8,10-13,33H,4,7,9,14-15H2,1-2H3,(H,30,32)(H,34,36)(H,29,31,35)/t24-/m1/s1. The number of amides is 1. The lowest BCUT2D eigenvalue weighted by atomic mass is 10.0. The van der Waals surface area contributed by atoms with Crippen molar-refractivity contribution in [3.63, 3.8) is 0 Å². The fourth-order valence-corrected chi connectivity index (χ4v) is 3.96. The average molecular weight is 516 g/mol. The predicted octanol–water partition coefficient (Wildman–Crippen LogP) is 4.32. The van der Waals surface area contributed by atoms with Gasteiger partial charge in [0.2, 0.25) is 5.95 Å². The van der Waals surface area contributed by atoms with Crippen LogP contribution in [0.2, 0.25) is 0 Å². The van der Waals surface area contributed by atoms with Crippen LogP contribution in [0.1, 0.15) is 41.4 Å². The second-order valence-corrected chi connectivity index (χ2v) is 8.95. The third-order valence-corrected chi connectivity index (χ3v) is 5.93. The van der Waals surface area contributed by atoms with Gasteiger partial charge >= 0.3 is 6.18 Å². The molecule has 0 spiro atoms. The van der Waals surface area contributed by atoms with Gasteiger partial charge in [0.15, 0.2) is 0 Å². The summed E-state index contributed by atoms with van der Waals surface area (Å²) in [6.45, 7) is 3.26. The molecule has 0 bridgehead atoms. The Hall–Kier alpha value is -3.93. The molecule has 0 aliphatic carbocycles. The Labute approximate surface area is 212 Å². The van der Waals surface area contributed by atoms with E-state index in [1.807, 2.05) is 6.92 Å². The van der Waals surface area contributed by atoms with Crippen LogP contribution in [0.3, 0.4) is 0 Å². The van der Waals surface area contributed by atoms with Crippen molar-refractivity contribution in [3.8, 4) is 5.75 Å². The van der Waals surface area contributed by atoms with Gasteiger partial charge in [0, 0.05) is 36.7 Å². The molecular weight excluding hydrogens is 487 g/mol. The molecule has 1 aliphatic rings. The van der Waals surface area contributed by atoms with Crippen molar-refractivity contribution in [2.45, 2.75) is 38.0 Å². The summed E-state index contributed by atoms with van der Waals surface area (Å²) in [5, 5.41) is 11.8. The van der Waals surface area contributed by atoms with Gasteiger partial charge in [-0.2, -0.15) is 13.2 Å². The Morgan fingerprint density at radius 2 is 2.03 bits per heavy atom. The molecule has 3 heterocycles. The van der Waals surface area contributed by atoms with Crippen LogP contribution < -0.4 is 26.0 Å². The van der Waals surface area contributed by atoms with Crippen LogP contribution in [0.5, 0.6) is 5.75 Å². The second kappa shape index (κ2) is 11.0. The zero-order valence-electron chi connectivity index (χ0n) is 20.4. The molecule has 1 amide bonds. The number of nitrogens with one attached hydrogen (secondary N) is 4. The summed E-state index contributed by atoms with van der Waals surface area (Å²) < 4.78 is 46.5. The Balaban J connectivity index is 1.51. The van der Waals surface area contributed by atoms with E-state index < -0.39 is 17.6 Å². The monoisotopic (exact) mass is 515 g/mol. The first-order valence-corrected chi connectivity index (χ1v) is 11.8. The van der Waals surface area contributed by atoms with Gasteiger partial charge in [-0.05, 0) is 56.6 Å². The van der Waals surface area contributed by atoms with Gasteiger partial charge in [-0.25, -0.2) is 15.0 Å². The Morgan fingerprint density at radius 3 is 2.76 bits per heavy atom. The van der Waals surface area contributed by atoms with Crippen LogP contribution in [0.25, 0.3) is 0 Å². The quantitative estimate of drug-likeness (QED) is 0.333. The smallest absolute Gasteiger partial charge is 0.416 e. The van der Waals surface area contributed by atoms with Gasteiger partial charge in [0.05, 0.1) is 23.4 Å². The normalized spacial score (nSPS) is 17.3. The second-order valence-electron chi connectivity index (χ2n) is 8.95. The summed E-state index contributed by atoms with van der Waals surface area (Å²) in [7, 11) is 1.70. The van der Waals surface area contributed by atoms with E-state index in [1.165, 1.54) is 18.3 Å². The van der Waals surface area contributed by atoms with Gasteiger partial charge in [0.1, 0.15) is 18.2 Å². The molecule has 12 heteroatoms. The number of rotatable bonds is 9. The fourth-order valence-electron chi connectivity index (χ4n) is 3.96. The summed E-state index contributed by atoms with van der Waals surface area (Å²) in [6, 6.07) is 8.01. The number of alkyl halides is 3. The highest BCUT2D eigenvalue weighted by atomic mass is 19.4. The fraction of sp³-hybridized carbons (Fsp3) is 0.360. The lowest BCUT2D eigenvalue weighted by molar-refractivity contribution is -0.137. The Bertz CT molecular complexity index is 1250. The zero-order valence-corrected chi connectivity index (χ0v) is 20.4. The Kier molecular flexibility index (Phi) is 7.77. The summed E-state index contributed by atoms with van der Waals surface area (Å²) >= 11 is 0. The highest BCUT2D eigenvalue weighted by molar-refractivity contribution is 6.07. The van der Waals surface area contributed by atoms with Crippen molar-refractivity contribution >= 4 is 23.4 Å². The molecule has 1 saturated heterocycles. The molecule has 37 heavy (non-hydrogen) atoms. The maximum absolute atomic E-state index is 13.6. The van der Waals surface area contributed by atoms with Crippen molar-refractivity contribution in [1.29, 1.82) is 0 Å². The van der Waals surface area contributed by atoms with Crippen molar-refractivity contribution < 1.29 is 22.7 Å². The number of hydrogen-bond acceptors (Lipinski definition) is 8. The van der Waals surface area contributed by atoms with E-state index in [0.29, 0.717) is 11.6 Å². The summed E-state index contributed by atoms with van der Waals surface area (Å²) in [6.07, 6.45) is 0.320. The maximum Gasteiger partial charge on any atom is 0.416 e. The number of pyridine rings is 1. The number of benzene rings is 1. The topological polar surface area (TPSA) is 113 Å². The van der Waals surface area contributed by atoms with E-state index in [0.717, 1.165) is 31.5 Å². The zero-order chi connectivity index (χ0) is 26.5. The van der Waals surface area contributed by atoms with Gasteiger partial charge < -0.3 is 26.0 Å². The predicted molar refractivity (Wildman–Crippen MR) is 134 cm³/mol. The van der Waals surface area contributed by atoms with Gasteiger partial charge in [-0.1, -0.05) is 0 Å². The molecule has 1 atom stereocenters. The summed E-state index contributed by atoms with van der Waals surface area (Å²) in [5.74, 6) is 0.101. The lowest BCUT2D eigenvalue weighted by Gasteiger charge is -2.25. The average Bonchev–Trinajstić information content (AvgIpc) is 3.32. The van der Waals surface area contributed by atoms with Crippen LogP contribution in [0, 0.1) is 0 Å². The van der Waals surface area contributed by atoms with E-state index in [1.54, 1.807) is 25.4 Å². The van der Waals surface area contributed by atoms with E-state index in [2.05, 4.69) is 36.2 Å². The molecule has 0 unspecified atom stereocenters. The summed E-state index contributed by atoms with van der Waals surface area (Å²) in [5.41, 5.74) is -0.456. The SMILES string of the molecule is CNc1nccc(CNc2ncccc2C(=O)Nc2cc(OC[C@@]3(C)CCCN3)cc(C(F)(F)F)c2)n1. The first-order valence-electron chi connectivity index (χ1n) is 11.8. The van der Waals surface area contributed by atoms with E-state index >= 15 is 0 Å². The minimum absolute atomic E-state index is 0.0219. The molecule has 9 nitrogen and oxygen atoms in total.